The SMILES string of the molecule is CC[C@@H](Nc1cc(F)c(C(=O)N[C@@H](Cc2ccc(-c3c(C)cc(C)n(C)c3=O)nc2)C(=O)OC)c(F)c1)C(F)(F)F. The summed E-state index contributed by atoms with van der Waals surface area (Å²) >= 11 is 0. The molecular formula is C28H29F5N4O4. The number of hydrogen-bond acceptors (Lipinski definition) is 6. The van der Waals surface area contributed by atoms with Crippen molar-refractivity contribution < 1.29 is 36.3 Å². The molecule has 0 saturated carbocycles. The molecule has 0 saturated heterocycles. The summed E-state index contributed by atoms with van der Waals surface area (Å²) in [7, 11) is 2.70. The minimum absolute atomic E-state index is 0.177. The van der Waals surface area contributed by atoms with Crippen LogP contribution in [-0.2, 0) is 23.0 Å². The van der Waals surface area contributed by atoms with Crippen molar-refractivity contribution in [2.24, 2.45) is 7.05 Å². The van der Waals surface area contributed by atoms with Gasteiger partial charge in [-0.15, -0.1) is 0 Å². The van der Waals surface area contributed by atoms with Crippen LogP contribution in [0.5, 0.6) is 0 Å². The number of carbonyl (C=O) groups is 2. The number of pyridine rings is 2. The first-order chi connectivity index (χ1) is 19.2. The number of carbonyl (C=O) groups excluding carboxylic acids is 2. The third-order valence-electron chi connectivity index (χ3n) is 6.59. The Morgan fingerprint density at radius 2 is 1.73 bits per heavy atom. The van der Waals surface area contributed by atoms with Gasteiger partial charge in [0.1, 0.15) is 29.3 Å². The number of nitrogens with zero attached hydrogens (tertiary/aromatic N) is 2. The normalized spacial score (nSPS) is 12.9. The van der Waals surface area contributed by atoms with Gasteiger partial charge in [-0.05, 0) is 55.7 Å². The Balaban J connectivity index is 1.83. The molecule has 41 heavy (non-hydrogen) atoms. The van der Waals surface area contributed by atoms with E-state index in [0.717, 1.165) is 18.4 Å². The number of rotatable bonds is 9. The molecule has 2 N–H and O–H groups in total. The predicted octanol–water partition coefficient (Wildman–Crippen LogP) is 4.61. The fourth-order valence-corrected chi connectivity index (χ4v) is 4.28. The van der Waals surface area contributed by atoms with Crippen LogP contribution in [0.4, 0.5) is 27.6 Å². The van der Waals surface area contributed by atoms with Gasteiger partial charge in [-0.25, -0.2) is 13.6 Å². The van der Waals surface area contributed by atoms with E-state index in [0.29, 0.717) is 29.0 Å². The van der Waals surface area contributed by atoms with E-state index in [2.05, 4.69) is 10.3 Å². The zero-order valence-electron chi connectivity index (χ0n) is 23.0. The van der Waals surface area contributed by atoms with E-state index in [1.807, 2.05) is 11.4 Å². The lowest BCUT2D eigenvalue weighted by Crippen LogP contribution is -2.43. The zero-order chi connectivity index (χ0) is 30.6. The highest BCUT2D eigenvalue weighted by Crippen LogP contribution is 2.28. The average molecular weight is 581 g/mol. The van der Waals surface area contributed by atoms with E-state index in [1.165, 1.54) is 17.7 Å². The number of ether oxygens (including phenoxy) is 1. The van der Waals surface area contributed by atoms with Crippen LogP contribution >= 0.6 is 0 Å². The van der Waals surface area contributed by atoms with Crippen LogP contribution in [0.3, 0.4) is 0 Å². The minimum Gasteiger partial charge on any atom is -0.467 e. The van der Waals surface area contributed by atoms with Gasteiger partial charge >= 0.3 is 12.1 Å². The first-order valence-electron chi connectivity index (χ1n) is 12.5. The molecule has 2 atom stereocenters. The summed E-state index contributed by atoms with van der Waals surface area (Å²) in [4.78, 5) is 42.2. The van der Waals surface area contributed by atoms with E-state index >= 15 is 0 Å². The Morgan fingerprint density at radius 3 is 2.24 bits per heavy atom. The Bertz CT molecular complexity index is 1480. The highest BCUT2D eigenvalue weighted by Gasteiger charge is 2.38. The largest absolute Gasteiger partial charge is 0.467 e. The van der Waals surface area contributed by atoms with Gasteiger partial charge in [0.25, 0.3) is 11.5 Å². The van der Waals surface area contributed by atoms with Crippen molar-refractivity contribution in [1.29, 1.82) is 0 Å². The van der Waals surface area contributed by atoms with Crippen molar-refractivity contribution in [1.82, 2.24) is 14.9 Å². The number of anilines is 1. The number of halogens is 5. The van der Waals surface area contributed by atoms with Crippen molar-refractivity contribution in [2.75, 3.05) is 12.4 Å². The molecule has 220 valence electrons. The molecule has 0 spiro atoms. The number of amides is 1. The molecule has 13 heteroatoms. The van der Waals surface area contributed by atoms with Crippen molar-refractivity contribution in [3.05, 3.63) is 80.9 Å². The van der Waals surface area contributed by atoms with Gasteiger partial charge in [-0.2, -0.15) is 13.2 Å². The number of alkyl halides is 3. The molecule has 1 aromatic carbocycles. The maximum atomic E-state index is 14.7. The molecular weight excluding hydrogens is 551 g/mol. The molecule has 0 aliphatic rings. The van der Waals surface area contributed by atoms with Crippen LogP contribution in [-0.4, -0.2) is 46.8 Å². The molecule has 3 rings (SSSR count). The fraction of sp³-hybridized carbons (Fsp3) is 0.357. The Hall–Kier alpha value is -4.29. The maximum absolute atomic E-state index is 14.7. The Labute approximate surface area is 232 Å². The maximum Gasteiger partial charge on any atom is 0.408 e. The van der Waals surface area contributed by atoms with Crippen molar-refractivity contribution in [3.63, 3.8) is 0 Å². The van der Waals surface area contributed by atoms with Gasteiger partial charge in [0.15, 0.2) is 0 Å². The standard InChI is InChI=1S/C28H29F5N4O4/c1-6-22(28(31,32)33)35-17-11-18(29)24(19(30)12-17)25(38)36-21(27(40)41-5)10-16-7-8-20(34-13-16)23-14(2)9-15(3)37(4)26(23)39/h7-9,11-13,21-22,35H,6,10H2,1-5H3,(H,36,38)/t21-,22+/m0/s1. The van der Waals surface area contributed by atoms with Crippen LogP contribution in [0, 0.1) is 25.5 Å². The monoisotopic (exact) mass is 580 g/mol. The molecule has 3 aromatic rings. The third kappa shape index (κ3) is 7.08. The Kier molecular flexibility index (Phi) is 9.51. The van der Waals surface area contributed by atoms with Gasteiger partial charge in [0.05, 0.1) is 18.4 Å². The van der Waals surface area contributed by atoms with Crippen LogP contribution < -0.4 is 16.2 Å². The summed E-state index contributed by atoms with van der Waals surface area (Å²) in [5.41, 5.74) is 0.889. The Morgan fingerprint density at radius 1 is 1.10 bits per heavy atom. The van der Waals surface area contributed by atoms with E-state index in [4.69, 9.17) is 4.74 Å². The van der Waals surface area contributed by atoms with Gasteiger partial charge in [0.2, 0.25) is 0 Å². The molecule has 0 unspecified atom stereocenters. The zero-order valence-corrected chi connectivity index (χ0v) is 23.0. The second-order valence-corrected chi connectivity index (χ2v) is 9.47. The number of methoxy groups -OCH3 is 1. The van der Waals surface area contributed by atoms with Gasteiger partial charge in [-0.3, -0.25) is 14.6 Å². The van der Waals surface area contributed by atoms with Crippen LogP contribution in [0.25, 0.3) is 11.3 Å². The minimum atomic E-state index is -4.66. The highest BCUT2D eigenvalue weighted by molar-refractivity contribution is 5.97. The summed E-state index contributed by atoms with van der Waals surface area (Å²) in [5.74, 6) is -5.08. The van der Waals surface area contributed by atoms with Crippen LogP contribution in [0.1, 0.15) is 40.5 Å². The summed E-state index contributed by atoms with van der Waals surface area (Å²) in [6, 6.07) is 2.69. The summed E-state index contributed by atoms with van der Waals surface area (Å²) < 4.78 is 74.8. The number of aromatic nitrogens is 2. The van der Waals surface area contributed by atoms with Gasteiger partial charge < -0.3 is 19.9 Å². The van der Waals surface area contributed by atoms with Crippen molar-refractivity contribution in [3.8, 4) is 11.3 Å². The molecule has 0 aliphatic carbocycles. The number of benzene rings is 1. The lowest BCUT2D eigenvalue weighted by molar-refractivity contribution is -0.143. The van der Waals surface area contributed by atoms with E-state index < -0.39 is 59.4 Å². The molecule has 2 aromatic heterocycles. The molecule has 0 aliphatic heterocycles. The summed E-state index contributed by atoms with van der Waals surface area (Å²) in [6.07, 6.45) is -3.84. The molecule has 0 bridgehead atoms. The smallest absolute Gasteiger partial charge is 0.408 e. The summed E-state index contributed by atoms with van der Waals surface area (Å²) in [6.45, 7) is 4.83. The number of aryl methyl sites for hydroxylation is 2. The van der Waals surface area contributed by atoms with Crippen LogP contribution in [0.15, 0.2) is 41.3 Å². The van der Waals surface area contributed by atoms with E-state index in [-0.39, 0.29) is 12.0 Å². The lowest BCUT2D eigenvalue weighted by atomic mass is 10.0. The van der Waals surface area contributed by atoms with Gasteiger partial charge in [0, 0.05) is 31.0 Å². The molecule has 8 nitrogen and oxygen atoms in total. The average Bonchev–Trinajstić information content (AvgIpc) is 2.89. The second kappa shape index (κ2) is 12.5. The molecule has 1 amide bonds. The second-order valence-electron chi connectivity index (χ2n) is 9.47. The first kappa shape index (κ1) is 31.2. The van der Waals surface area contributed by atoms with Crippen LogP contribution in [0.2, 0.25) is 0 Å². The number of hydrogen-bond donors (Lipinski definition) is 2. The summed E-state index contributed by atoms with van der Waals surface area (Å²) in [5, 5.41) is 4.22. The van der Waals surface area contributed by atoms with E-state index in [1.54, 1.807) is 33.0 Å². The quantitative estimate of drug-likeness (QED) is 0.283. The van der Waals surface area contributed by atoms with E-state index in [9.17, 15) is 36.3 Å². The number of esters is 1. The predicted molar refractivity (Wildman–Crippen MR) is 141 cm³/mol. The highest BCUT2D eigenvalue weighted by atomic mass is 19.4. The number of nitrogens with one attached hydrogen (secondary N) is 2. The first-order valence-corrected chi connectivity index (χ1v) is 12.5. The molecule has 2 heterocycles. The topological polar surface area (TPSA) is 102 Å². The van der Waals surface area contributed by atoms with Crippen molar-refractivity contribution >= 4 is 17.6 Å². The van der Waals surface area contributed by atoms with Gasteiger partial charge in [-0.1, -0.05) is 13.0 Å². The third-order valence-corrected chi connectivity index (χ3v) is 6.59. The fourth-order valence-electron chi connectivity index (χ4n) is 4.28. The molecule has 0 fully saturated rings. The molecule has 0 radical (unpaired) electrons. The van der Waals surface area contributed by atoms with Crippen molar-refractivity contribution in [2.45, 2.75) is 51.9 Å². The lowest BCUT2D eigenvalue weighted by Gasteiger charge is -2.22.